The molecule has 0 aliphatic carbocycles. The predicted octanol–water partition coefficient (Wildman–Crippen LogP) is 2.79. The number of hydrogen-bond acceptors (Lipinski definition) is 3. The van der Waals surface area contributed by atoms with Crippen LogP contribution in [0.3, 0.4) is 0 Å². The summed E-state index contributed by atoms with van der Waals surface area (Å²) in [6.07, 6.45) is 0. The summed E-state index contributed by atoms with van der Waals surface area (Å²) in [5.74, 6) is -0.461. The summed E-state index contributed by atoms with van der Waals surface area (Å²) in [6.45, 7) is 3.90. The van der Waals surface area contributed by atoms with Crippen LogP contribution >= 0.6 is 11.8 Å². The second-order valence-electron chi connectivity index (χ2n) is 4.16. The summed E-state index contributed by atoms with van der Waals surface area (Å²) in [7, 11) is 0. The molecular formula is C13H17FN2O3S. The first-order chi connectivity index (χ1) is 9.43. The summed E-state index contributed by atoms with van der Waals surface area (Å²) >= 11 is 1.70. The Morgan fingerprint density at radius 2 is 2.15 bits per heavy atom. The topological polar surface area (TPSA) is 78.4 Å². The maximum atomic E-state index is 13.2. The van der Waals surface area contributed by atoms with Crippen LogP contribution in [0.25, 0.3) is 0 Å². The summed E-state index contributed by atoms with van der Waals surface area (Å²) < 4.78 is 13.2. The Kier molecular flexibility index (Phi) is 6.30. The average Bonchev–Trinajstić information content (AvgIpc) is 2.38. The molecule has 0 bridgehead atoms. The van der Waals surface area contributed by atoms with E-state index in [1.165, 1.54) is 6.07 Å². The number of anilines is 1. The van der Waals surface area contributed by atoms with Crippen molar-refractivity contribution < 1.29 is 19.1 Å². The molecule has 7 heteroatoms. The second kappa shape index (κ2) is 7.74. The SMILES string of the molecule is CCSCC(C)NC(=O)Nc1ccc(F)c(C(=O)O)c1. The van der Waals surface area contributed by atoms with Crippen LogP contribution in [-0.2, 0) is 0 Å². The molecule has 1 aromatic rings. The van der Waals surface area contributed by atoms with E-state index in [2.05, 4.69) is 10.6 Å². The van der Waals surface area contributed by atoms with Gasteiger partial charge < -0.3 is 15.7 Å². The van der Waals surface area contributed by atoms with Crippen LogP contribution in [0.15, 0.2) is 18.2 Å². The molecule has 1 aromatic carbocycles. The first kappa shape index (κ1) is 16.3. The van der Waals surface area contributed by atoms with Crippen molar-refractivity contribution in [3.63, 3.8) is 0 Å². The quantitative estimate of drug-likeness (QED) is 0.755. The third-order valence-corrected chi connectivity index (χ3v) is 3.55. The molecule has 20 heavy (non-hydrogen) atoms. The minimum absolute atomic E-state index is 0.0145. The van der Waals surface area contributed by atoms with Gasteiger partial charge in [0.05, 0.1) is 5.56 Å². The monoisotopic (exact) mass is 300 g/mol. The fraction of sp³-hybridized carbons (Fsp3) is 0.385. The Labute approximate surface area is 120 Å². The van der Waals surface area contributed by atoms with Crippen LogP contribution in [-0.4, -0.2) is 34.7 Å². The van der Waals surface area contributed by atoms with E-state index in [9.17, 15) is 14.0 Å². The molecule has 3 N–H and O–H groups in total. The molecule has 0 aromatic heterocycles. The molecular weight excluding hydrogens is 283 g/mol. The molecule has 0 radical (unpaired) electrons. The van der Waals surface area contributed by atoms with Crippen molar-refractivity contribution in [2.24, 2.45) is 0 Å². The summed E-state index contributed by atoms with van der Waals surface area (Å²) in [4.78, 5) is 22.5. The number of nitrogens with one attached hydrogen (secondary N) is 2. The molecule has 0 saturated carbocycles. The predicted molar refractivity (Wildman–Crippen MR) is 78.0 cm³/mol. The van der Waals surface area contributed by atoms with E-state index in [4.69, 9.17) is 5.11 Å². The molecule has 110 valence electrons. The Hall–Kier alpha value is -1.76. The van der Waals surface area contributed by atoms with Crippen LogP contribution < -0.4 is 10.6 Å². The van der Waals surface area contributed by atoms with E-state index in [0.29, 0.717) is 0 Å². The van der Waals surface area contributed by atoms with E-state index in [0.717, 1.165) is 23.6 Å². The number of halogens is 1. The highest BCUT2D eigenvalue weighted by Crippen LogP contribution is 2.14. The molecule has 0 aliphatic rings. The lowest BCUT2D eigenvalue weighted by molar-refractivity contribution is 0.0692. The van der Waals surface area contributed by atoms with Gasteiger partial charge in [-0.3, -0.25) is 0 Å². The third kappa shape index (κ3) is 5.08. The van der Waals surface area contributed by atoms with Gasteiger partial charge in [0.15, 0.2) is 0 Å². The fourth-order valence-corrected chi connectivity index (χ4v) is 2.17. The number of rotatable bonds is 6. The Balaban J connectivity index is 2.62. The van der Waals surface area contributed by atoms with Crippen LogP contribution in [0.5, 0.6) is 0 Å². The lowest BCUT2D eigenvalue weighted by Crippen LogP contribution is -2.37. The van der Waals surface area contributed by atoms with E-state index < -0.39 is 23.4 Å². The summed E-state index contributed by atoms with van der Waals surface area (Å²) in [5, 5.41) is 14.0. The molecule has 1 unspecified atom stereocenters. The van der Waals surface area contributed by atoms with Crippen molar-refractivity contribution in [1.29, 1.82) is 0 Å². The standard InChI is InChI=1S/C13H17FN2O3S/c1-3-20-7-8(2)15-13(19)16-9-4-5-11(14)10(6-9)12(17)18/h4-6,8H,3,7H2,1-2H3,(H,17,18)(H2,15,16,19). The number of amides is 2. The zero-order chi connectivity index (χ0) is 15.1. The molecule has 0 spiro atoms. The van der Waals surface area contributed by atoms with Crippen molar-refractivity contribution in [1.82, 2.24) is 5.32 Å². The molecule has 0 heterocycles. The summed E-state index contributed by atoms with van der Waals surface area (Å²) in [6, 6.07) is 2.95. The van der Waals surface area contributed by atoms with Crippen molar-refractivity contribution in [2.45, 2.75) is 19.9 Å². The highest BCUT2D eigenvalue weighted by atomic mass is 32.2. The van der Waals surface area contributed by atoms with Crippen LogP contribution in [0.4, 0.5) is 14.9 Å². The Morgan fingerprint density at radius 3 is 2.75 bits per heavy atom. The number of thioether (sulfide) groups is 1. The minimum Gasteiger partial charge on any atom is -0.478 e. The van der Waals surface area contributed by atoms with Gasteiger partial charge in [-0.05, 0) is 30.9 Å². The smallest absolute Gasteiger partial charge is 0.338 e. The lowest BCUT2D eigenvalue weighted by Gasteiger charge is -2.14. The van der Waals surface area contributed by atoms with Gasteiger partial charge >= 0.3 is 12.0 Å². The molecule has 0 saturated heterocycles. The van der Waals surface area contributed by atoms with Crippen LogP contribution in [0.2, 0.25) is 0 Å². The van der Waals surface area contributed by atoms with Gasteiger partial charge in [0.25, 0.3) is 0 Å². The number of carboxylic acid groups (broad SMARTS) is 1. The normalized spacial score (nSPS) is 11.8. The van der Waals surface area contributed by atoms with Crippen molar-refractivity contribution in [2.75, 3.05) is 16.8 Å². The number of carboxylic acids is 1. The Bertz CT molecular complexity index is 497. The zero-order valence-corrected chi connectivity index (χ0v) is 12.1. The van der Waals surface area contributed by atoms with E-state index >= 15 is 0 Å². The second-order valence-corrected chi connectivity index (χ2v) is 5.48. The maximum Gasteiger partial charge on any atom is 0.338 e. The zero-order valence-electron chi connectivity index (χ0n) is 11.3. The van der Waals surface area contributed by atoms with Crippen LogP contribution in [0.1, 0.15) is 24.2 Å². The van der Waals surface area contributed by atoms with E-state index in [-0.39, 0.29) is 11.7 Å². The van der Waals surface area contributed by atoms with Gasteiger partial charge in [0, 0.05) is 17.5 Å². The van der Waals surface area contributed by atoms with E-state index in [1.54, 1.807) is 11.8 Å². The van der Waals surface area contributed by atoms with Crippen molar-refractivity contribution in [3.05, 3.63) is 29.6 Å². The molecule has 1 atom stereocenters. The van der Waals surface area contributed by atoms with Gasteiger partial charge in [-0.25, -0.2) is 14.0 Å². The largest absolute Gasteiger partial charge is 0.478 e. The summed E-state index contributed by atoms with van der Waals surface area (Å²) in [5.41, 5.74) is -0.242. The van der Waals surface area contributed by atoms with Crippen molar-refractivity contribution in [3.8, 4) is 0 Å². The first-order valence-electron chi connectivity index (χ1n) is 6.12. The molecule has 0 fully saturated rings. The lowest BCUT2D eigenvalue weighted by atomic mass is 10.2. The third-order valence-electron chi connectivity index (χ3n) is 2.40. The number of benzene rings is 1. The van der Waals surface area contributed by atoms with Gasteiger partial charge in [-0.1, -0.05) is 6.92 Å². The Morgan fingerprint density at radius 1 is 1.45 bits per heavy atom. The van der Waals surface area contributed by atoms with Crippen molar-refractivity contribution >= 4 is 29.4 Å². The van der Waals surface area contributed by atoms with Gasteiger partial charge in [-0.15, -0.1) is 0 Å². The minimum atomic E-state index is -1.38. The van der Waals surface area contributed by atoms with E-state index in [1.807, 2.05) is 13.8 Å². The molecule has 2 amide bonds. The van der Waals surface area contributed by atoms with Gasteiger partial charge in [-0.2, -0.15) is 11.8 Å². The molecule has 1 rings (SSSR count). The first-order valence-corrected chi connectivity index (χ1v) is 7.27. The van der Waals surface area contributed by atoms with Crippen LogP contribution in [0, 0.1) is 5.82 Å². The highest BCUT2D eigenvalue weighted by molar-refractivity contribution is 7.99. The maximum absolute atomic E-state index is 13.2. The number of urea groups is 1. The van der Waals surface area contributed by atoms with Gasteiger partial charge in [0.2, 0.25) is 0 Å². The number of hydrogen-bond donors (Lipinski definition) is 3. The number of aromatic carboxylic acids is 1. The number of carbonyl (C=O) groups is 2. The van der Waals surface area contributed by atoms with Gasteiger partial charge in [0.1, 0.15) is 5.82 Å². The molecule has 0 aliphatic heterocycles. The highest BCUT2D eigenvalue weighted by Gasteiger charge is 2.12. The number of carbonyl (C=O) groups excluding carboxylic acids is 1. The average molecular weight is 300 g/mol. The molecule has 5 nitrogen and oxygen atoms in total. The fourth-order valence-electron chi connectivity index (χ4n) is 1.49.